The molecule has 1 heterocycles. The van der Waals surface area contributed by atoms with Gasteiger partial charge in [0.25, 0.3) is 0 Å². The molecule has 0 saturated carbocycles. The summed E-state index contributed by atoms with van der Waals surface area (Å²) in [5.74, 6) is 0.240. The number of hydrogen-bond donors (Lipinski definition) is 0. The number of benzene rings is 1. The third-order valence-electron chi connectivity index (χ3n) is 4.03. The van der Waals surface area contributed by atoms with Crippen LogP contribution in [0.2, 0.25) is 0 Å². The van der Waals surface area contributed by atoms with E-state index in [4.69, 9.17) is 4.74 Å². The number of methoxy groups -OCH3 is 1. The zero-order valence-electron chi connectivity index (χ0n) is 13.2. The maximum absolute atomic E-state index is 12.4. The Bertz CT molecular complexity index is 580. The van der Waals surface area contributed by atoms with Gasteiger partial charge in [0.15, 0.2) is 5.75 Å². The maximum atomic E-state index is 12.4. The van der Waals surface area contributed by atoms with Crippen LogP contribution in [-0.4, -0.2) is 61.0 Å². The van der Waals surface area contributed by atoms with E-state index in [1.165, 1.54) is 13.2 Å². The summed E-state index contributed by atoms with van der Waals surface area (Å²) in [6.07, 6.45) is 0.240. The smallest absolute Gasteiger partial charge is 0.311 e. The van der Waals surface area contributed by atoms with Crippen LogP contribution in [0, 0.1) is 17.0 Å². The first kappa shape index (κ1) is 16.2. The number of ether oxygens (including phenoxy) is 1. The van der Waals surface area contributed by atoms with Crippen molar-refractivity contribution in [1.82, 2.24) is 9.80 Å². The molecular formula is C15H21N3O4. The monoisotopic (exact) mass is 307 g/mol. The van der Waals surface area contributed by atoms with Crippen molar-refractivity contribution in [2.75, 3.05) is 40.3 Å². The third kappa shape index (κ3) is 3.54. The van der Waals surface area contributed by atoms with Crippen molar-refractivity contribution in [1.29, 1.82) is 0 Å². The molecule has 120 valence electrons. The molecule has 0 unspecified atom stereocenters. The summed E-state index contributed by atoms with van der Waals surface area (Å²) in [7, 11) is 3.43. The summed E-state index contributed by atoms with van der Waals surface area (Å²) < 4.78 is 5.07. The van der Waals surface area contributed by atoms with Crippen LogP contribution in [-0.2, 0) is 11.2 Å². The molecule has 0 aromatic heterocycles. The fourth-order valence-corrected chi connectivity index (χ4v) is 2.54. The highest BCUT2D eigenvalue weighted by molar-refractivity contribution is 5.79. The van der Waals surface area contributed by atoms with Crippen LogP contribution in [0.5, 0.6) is 5.75 Å². The fraction of sp³-hybridized carbons (Fsp3) is 0.533. The molecule has 1 aromatic rings. The van der Waals surface area contributed by atoms with E-state index in [9.17, 15) is 14.9 Å². The minimum atomic E-state index is -0.474. The highest BCUT2D eigenvalue weighted by atomic mass is 16.6. The van der Waals surface area contributed by atoms with Gasteiger partial charge in [-0.1, -0.05) is 0 Å². The largest absolute Gasteiger partial charge is 0.490 e. The topological polar surface area (TPSA) is 75.9 Å². The van der Waals surface area contributed by atoms with Gasteiger partial charge < -0.3 is 14.5 Å². The van der Waals surface area contributed by atoms with Crippen molar-refractivity contribution in [3.63, 3.8) is 0 Å². The van der Waals surface area contributed by atoms with Crippen LogP contribution in [0.1, 0.15) is 11.1 Å². The van der Waals surface area contributed by atoms with Gasteiger partial charge in [0.2, 0.25) is 5.91 Å². The van der Waals surface area contributed by atoms with Crippen LogP contribution in [0.25, 0.3) is 0 Å². The van der Waals surface area contributed by atoms with E-state index >= 15 is 0 Å². The first-order chi connectivity index (χ1) is 10.4. The third-order valence-corrected chi connectivity index (χ3v) is 4.03. The number of amides is 1. The summed E-state index contributed by atoms with van der Waals surface area (Å²) >= 11 is 0. The number of piperazine rings is 1. The molecule has 0 aliphatic carbocycles. The van der Waals surface area contributed by atoms with Gasteiger partial charge in [-0.05, 0) is 31.2 Å². The normalized spacial score (nSPS) is 15.7. The van der Waals surface area contributed by atoms with Crippen LogP contribution >= 0.6 is 0 Å². The summed E-state index contributed by atoms with van der Waals surface area (Å²) in [6, 6.07) is 3.06. The van der Waals surface area contributed by atoms with Crippen LogP contribution < -0.4 is 4.74 Å². The SMILES string of the molecule is COc1cc(CC(=O)N2CCN(C)CC2)c(C)cc1[N+](=O)[O-]. The molecule has 0 radical (unpaired) electrons. The average molecular weight is 307 g/mol. The van der Waals surface area contributed by atoms with E-state index in [0.717, 1.165) is 37.3 Å². The predicted molar refractivity (Wildman–Crippen MR) is 82.2 cm³/mol. The lowest BCUT2D eigenvalue weighted by Gasteiger charge is -2.32. The van der Waals surface area contributed by atoms with E-state index in [0.29, 0.717) is 0 Å². The molecule has 1 fully saturated rings. The number of nitrogens with zero attached hydrogens (tertiary/aromatic N) is 3. The van der Waals surface area contributed by atoms with Crippen molar-refractivity contribution in [3.8, 4) is 5.75 Å². The summed E-state index contributed by atoms with van der Waals surface area (Å²) in [5, 5.41) is 11.0. The molecule has 1 aliphatic heterocycles. The van der Waals surface area contributed by atoms with Crippen molar-refractivity contribution in [2.24, 2.45) is 0 Å². The second-order valence-electron chi connectivity index (χ2n) is 5.57. The van der Waals surface area contributed by atoms with Crippen molar-refractivity contribution in [2.45, 2.75) is 13.3 Å². The Morgan fingerprint density at radius 3 is 2.50 bits per heavy atom. The van der Waals surface area contributed by atoms with Crippen LogP contribution in [0.4, 0.5) is 5.69 Å². The molecule has 0 atom stereocenters. The number of rotatable bonds is 4. The molecule has 1 amide bonds. The molecule has 2 rings (SSSR count). The first-order valence-corrected chi connectivity index (χ1v) is 7.20. The quantitative estimate of drug-likeness (QED) is 0.617. The standard InChI is InChI=1S/C15H21N3O4/c1-11-8-13(18(20)21)14(22-3)9-12(11)10-15(19)17-6-4-16(2)5-7-17/h8-9H,4-7,10H2,1-3H3. The van der Waals surface area contributed by atoms with Gasteiger partial charge in [-0.25, -0.2) is 0 Å². The van der Waals surface area contributed by atoms with Gasteiger partial charge in [-0.3, -0.25) is 14.9 Å². The van der Waals surface area contributed by atoms with Gasteiger partial charge in [-0.15, -0.1) is 0 Å². The molecule has 1 saturated heterocycles. The molecule has 0 spiro atoms. The van der Waals surface area contributed by atoms with Gasteiger partial charge in [-0.2, -0.15) is 0 Å². The number of likely N-dealkylation sites (N-methyl/N-ethyl adjacent to an activating group) is 1. The molecule has 7 heteroatoms. The minimum absolute atomic E-state index is 0.0482. The second kappa shape index (κ2) is 6.74. The van der Waals surface area contributed by atoms with Gasteiger partial charge in [0.1, 0.15) is 0 Å². The van der Waals surface area contributed by atoms with E-state index in [1.54, 1.807) is 13.0 Å². The number of carbonyl (C=O) groups excluding carboxylic acids is 1. The molecule has 0 N–H and O–H groups in total. The highest BCUT2D eigenvalue weighted by Gasteiger charge is 2.22. The molecular weight excluding hydrogens is 286 g/mol. The Kier molecular flexibility index (Phi) is 4.97. The second-order valence-corrected chi connectivity index (χ2v) is 5.57. The minimum Gasteiger partial charge on any atom is -0.490 e. The number of nitro benzene ring substituents is 1. The fourth-order valence-electron chi connectivity index (χ4n) is 2.54. The molecule has 1 aliphatic rings. The van der Waals surface area contributed by atoms with E-state index in [1.807, 2.05) is 11.9 Å². The van der Waals surface area contributed by atoms with E-state index in [2.05, 4.69) is 4.90 Å². The van der Waals surface area contributed by atoms with Crippen LogP contribution in [0.15, 0.2) is 12.1 Å². The Labute approximate surface area is 129 Å². The first-order valence-electron chi connectivity index (χ1n) is 7.20. The Hall–Kier alpha value is -2.15. The summed E-state index contributed by atoms with van der Waals surface area (Å²) in [4.78, 5) is 26.9. The zero-order chi connectivity index (χ0) is 16.3. The number of aryl methyl sites for hydroxylation is 1. The van der Waals surface area contributed by atoms with E-state index < -0.39 is 4.92 Å². The molecule has 1 aromatic carbocycles. The van der Waals surface area contributed by atoms with Crippen molar-refractivity contribution < 1.29 is 14.5 Å². The van der Waals surface area contributed by atoms with Gasteiger partial charge >= 0.3 is 5.69 Å². The number of nitro groups is 1. The lowest BCUT2D eigenvalue weighted by atomic mass is 10.0. The lowest BCUT2D eigenvalue weighted by Crippen LogP contribution is -2.47. The summed E-state index contributed by atoms with van der Waals surface area (Å²) in [6.45, 7) is 4.96. The molecule has 0 bridgehead atoms. The van der Waals surface area contributed by atoms with Gasteiger partial charge in [0.05, 0.1) is 18.5 Å². The average Bonchev–Trinajstić information content (AvgIpc) is 2.49. The van der Waals surface area contributed by atoms with Crippen LogP contribution in [0.3, 0.4) is 0 Å². The number of hydrogen-bond acceptors (Lipinski definition) is 5. The maximum Gasteiger partial charge on any atom is 0.311 e. The molecule has 7 nitrogen and oxygen atoms in total. The molecule has 22 heavy (non-hydrogen) atoms. The highest BCUT2D eigenvalue weighted by Crippen LogP contribution is 2.30. The predicted octanol–water partition coefficient (Wildman–Crippen LogP) is 1.23. The Morgan fingerprint density at radius 2 is 1.95 bits per heavy atom. The number of carbonyl (C=O) groups is 1. The summed E-state index contributed by atoms with van der Waals surface area (Å²) in [5.41, 5.74) is 1.43. The zero-order valence-corrected chi connectivity index (χ0v) is 13.2. The Morgan fingerprint density at radius 1 is 1.32 bits per heavy atom. The lowest BCUT2D eigenvalue weighted by molar-refractivity contribution is -0.385. The van der Waals surface area contributed by atoms with Crippen molar-refractivity contribution in [3.05, 3.63) is 33.4 Å². The Balaban J connectivity index is 2.15. The van der Waals surface area contributed by atoms with Gasteiger partial charge in [0, 0.05) is 32.2 Å². The van der Waals surface area contributed by atoms with Crippen molar-refractivity contribution >= 4 is 11.6 Å². The van der Waals surface area contributed by atoms with E-state index in [-0.39, 0.29) is 23.8 Å².